The van der Waals surface area contributed by atoms with Crippen molar-refractivity contribution in [2.45, 2.75) is 26.2 Å². The second kappa shape index (κ2) is 7.42. The minimum atomic E-state index is -0.488. The van der Waals surface area contributed by atoms with Crippen LogP contribution in [0.15, 0.2) is 30.3 Å². The number of thiophene rings is 1. The number of nitrogens with one attached hydrogen (secondary N) is 1. The molecule has 1 aliphatic carbocycles. The topological polar surface area (TPSA) is 72.2 Å². The molecule has 1 aliphatic rings. The van der Waals surface area contributed by atoms with Gasteiger partial charge in [-0.05, 0) is 48.4 Å². The summed E-state index contributed by atoms with van der Waals surface area (Å²) in [6.45, 7) is 2.19. The van der Waals surface area contributed by atoms with Crippen LogP contribution in [0.3, 0.4) is 0 Å². The number of carbonyl (C=O) groups is 2. The van der Waals surface area contributed by atoms with Gasteiger partial charge in [-0.15, -0.1) is 11.3 Å². The number of carbonyl (C=O) groups excluding carboxylic acids is 2. The smallest absolute Gasteiger partial charge is 0.251 e. The van der Waals surface area contributed by atoms with Crippen molar-refractivity contribution in [2.75, 3.05) is 5.32 Å². The zero-order valence-electron chi connectivity index (χ0n) is 13.8. The molecule has 1 aromatic heterocycles. The number of fused-ring (bicyclic) bond motifs is 1. The Hall–Kier alpha value is -2.11. The van der Waals surface area contributed by atoms with Crippen LogP contribution in [0.2, 0.25) is 5.02 Å². The Morgan fingerprint density at radius 1 is 1.36 bits per heavy atom. The van der Waals surface area contributed by atoms with Crippen LogP contribution in [0.1, 0.15) is 39.7 Å². The average Bonchev–Trinajstić information content (AvgIpc) is 2.91. The first-order chi connectivity index (χ1) is 12.0. The van der Waals surface area contributed by atoms with Gasteiger partial charge in [0.2, 0.25) is 5.91 Å². The Balaban J connectivity index is 1.82. The highest BCUT2D eigenvalue weighted by molar-refractivity contribution is 7.17. The van der Waals surface area contributed by atoms with Crippen LogP contribution in [0.4, 0.5) is 5.00 Å². The first kappa shape index (κ1) is 17.7. The highest BCUT2D eigenvalue weighted by Crippen LogP contribution is 2.39. The Morgan fingerprint density at radius 2 is 2.12 bits per heavy atom. The normalized spacial score (nSPS) is 16.6. The van der Waals surface area contributed by atoms with Crippen molar-refractivity contribution in [3.63, 3.8) is 0 Å². The quantitative estimate of drug-likeness (QED) is 0.784. The van der Waals surface area contributed by atoms with Crippen molar-refractivity contribution in [2.24, 2.45) is 11.7 Å². The number of nitrogens with two attached hydrogens (primary N) is 1. The van der Waals surface area contributed by atoms with Gasteiger partial charge in [0.05, 0.1) is 5.56 Å². The Kier molecular flexibility index (Phi) is 5.25. The Morgan fingerprint density at radius 3 is 2.84 bits per heavy atom. The highest BCUT2D eigenvalue weighted by Gasteiger charge is 2.26. The largest absolute Gasteiger partial charge is 0.365 e. The van der Waals surface area contributed by atoms with Gasteiger partial charge in [-0.3, -0.25) is 9.59 Å². The first-order valence-corrected chi connectivity index (χ1v) is 9.33. The lowest BCUT2D eigenvalue weighted by Gasteiger charge is -2.18. The van der Waals surface area contributed by atoms with Crippen LogP contribution in [0, 0.1) is 5.92 Å². The molecule has 2 aromatic rings. The summed E-state index contributed by atoms with van der Waals surface area (Å²) in [5.41, 5.74) is 7.78. The van der Waals surface area contributed by atoms with E-state index in [4.69, 9.17) is 17.3 Å². The lowest BCUT2D eigenvalue weighted by Crippen LogP contribution is -2.18. The molecule has 0 saturated heterocycles. The molecule has 3 N–H and O–H groups in total. The van der Waals surface area contributed by atoms with Crippen molar-refractivity contribution in [3.8, 4) is 0 Å². The summed E-state index contributed by atoms with van der Waals surface area (Å²) in [7, 11) is 0. The first-order valence-electron chi connectivity index (χ1n) is 8.13. The van der Waals surface area contributed by atoms with Crippen LogP contribution >= 0.6 is 22.9 Å². The van der Waals surface area contributed by atoms with E-state index in [1.165, 1.54) is 17.4 Å². The number of rotatable bonds is 4. The molecule has 2 amide bonds. The van der Waals surface area contributed by atoms with E-state index in [0.717, 1.165) is 35.3 Å². The fourth-order valence-electron chi connectivity index (χ4n) is 3.03. The molecule has 0 bridgehead atoms. The summed E-state index contributed by atoms with van der Waals surface area (Å²) < 4.78 is 0. The van der Waals surface area contributed by atoms with E-state index in [1.807, 2.05) is 18.2 Å². The maximum absolute atomic E-state index is 12.3. The summed E-state index contributed by atoms with van der Waals surface area (Å²) in [6.07, 6.45) is 5.84. The van der Waals surface area contributed by atoms with E-state index in [0.29, 0.717) is 21.5 Å². The molecule has 130 valence electrons. The predicted molar refractivity (Wildman–Crippen MR) is 103 cm³/mol. The maximum Gasteiger partial charge on any atom is 0.251 e. The van der Waals surface area contributed by atoms with Gasteiger partial charge in [0.1, 0.15) is 5.00 Å². The third kappa shape index (κ3) is 3.94. The molecular formula is C19H19ClN2O2S. The van der Waals surface area contributed by atoms with E-state index >= 15 is 0 Å². The van der Waals surface area contributed by atoms with Crippen LogP contribution in [-0.2, 0) is 17.6 Å². The number of amides is 2. The average molecular weight is 375 g/mol. The lowest BCUT2D eigenvalue weighted by molar-refractivity contribution is -0.111. The van der Waals surface area contributed by atoms with E-state index < -0.39 is 5.91 Å². The fraction of sp³-hybridized carbons (Fsp3) is 0.263. The molecule has 0 unspecified atom stereocenters. The Labute approximate surface area is 155 Å². The molecule has 1 heterocycles. The van der Waals surface area contributed by atoms with Crippen molar-refractivity contribution in [3.05, 3.63) is 56.9 Å². The van der Waals surface area contributed by atoms with Crippen LogP contribution in [0.5, 0.6) is 0 Å². The van der Waals surface area contributed by atoms with E-state index in [-0.39, 0.29) is 5.91 Å². The van der Waals surface area contributed by atoms with Gasteiger partial charge in [-0.1, -0.05) is 36.7 Å². The molecular weight excluding hydrogens is 356 g/mol. The van der Waals surface area contributed by atoms with Crippen LogP contribution in [-0.4, -0.2) is 11.8 Å². The molecule has 0 radical (unpaired) electrons. The van der Waals surface area contributed by atoms with Gasteiger partial charge in [0.25, 0.3) is 5.91 Å². The van der Waals surface area contributed by atoms with Gasteiger partial charge < -0.3 is 11.1 Å². The van der Waals surface area contributed by atoms with Gasteiger partial charge in [-0.25, -0.2) is 0 Å². The zero-order chi connectivity index (χ0) is 18.0. The molecule has 6 heteroatoms. The van der Waals surface area contributed by atoms with Crippen molar-refractivity contribution in [1.82, 2.24) is 0 Å². The zero-order valence-corrected chi connectivity index (χ0v) is 15.4. The molecule has 3 rings (SSSR count). The minimum Gasteiger partial charge on any atom is -0.365 e. The number of primary amides is 1. The molecule has 1 atom stereocenters. The van der Waals surface area contributed by atoms with Crippen molar-refractivity contribution < 1.29 is 9.59 Å². The monoisotopic (exact) mass is 374 g/mol. The van der Waals surface area contributed by atoms with Gasteiger partial charge >= 0.3 is 0 Å². The molecule has 0 saturated carbocycles. The summed E-state index contributed by atoms with van der Waals surface area (Å²) in [6, 6.07) is 7.27. The predicted octanol–water partition coefficient (Wildman–Crippen LogP) is 4.28. The van der Waals surface area contributed by atoms with Crippen molar-refractivity contribution in [1.29, 1.82) is 0 Å². The van der Waals surface area contributed by atoms with E-state index in [9.17, 15) is 9.59 Å². The summed E-state index contributed by atoms with van der Waals surface area (Å²) in [5, 5.41) is 3.92. The number of hydrogen-bond acceptors (Lipinski definition) is 3. The lowest BCUT2D eigenvalue weighted by atomic mass is 9.88. The summed E-state index contributed by atoms with van der Waals surface area (Å²) >= 11 is 7.53. The number of anilines is 1. The molecule has 25 heavy (non-hydrogen) atoms. The molecule has 0 aliphatic heterocycles. The second-order valence-electron chi connectivity index (χ2n) is 6.26. The van der Waals surface area contributed by atoms with Gasteiger partial charge in [-0.2, -0.15) is 0 Å². The number of halogens is 1. The fourth-order valence-corrected chi connectivity index (χ4v) is 4.65. The third-order valence-electron chi connectivity index (χ3n) is 4.31. The number of hydrogen-bond donors (Lipinski definition) is 2. The molecule has 0 fully saturated rings. The summed E-state index contributed by atoms with van der Waals surface area (Å²) in [5.74, 6) is -0.220. The van der Waals surface area contributed by atoms with E-state index in [2.05, 4.69) is 12.2 Å². The van der Waals surface area contributed by atoms with Crippen molar-refractivity contribution >= 4 is 45.8 Å². The van der Waals surface area contributed by atoms with E-state index in [1.54, 1.807) is 12.1 Å². The molecule has 4 nitrogen and oxygen atoms in total. The standard InChI is InChI=1S/C19H19ClN2O2S/c1-11-6-8-13-15(10-11)25-19(17(13)18(21)24)22-16(23)9-7-12-4-2-3-5-14(12)20/h2-5,7,9,11H,6,8,10H2,1H3,(H2,21,24)(H,22,23)/b9-7+/t11-/m0/s1. The highest BCUT2D eigenvalue weighted by atomic mass is 35.5. The molecule has 1 aromatic carbocycles. The van der Waals surface area contributed by atoms with Gasteiger partial charge in [0.15, 0.2) is 0 Å². The number of benzene rings is 1. The van der Waals surface area contributed by atoms with Gasteiger partial charge in [0, 0.05) is 16.0 Å². The third-order valence-corrected chi connectivity index (χ3v) is 5.83. The summed E-state index contributed by atoms with van der Waals surface area (Å²) in [4.78, 5) is 25.3. The Bertz CT molecular complexity index is 857. The SMILES string of the molecule is C[C@H]1CCc2c(sc(NC(=O)/C=C/c3ccccc3Cl)c2C(N)=O)C1. The molecule has 0 spiro atoms. The minimum absolute atomic E-state index is 0.311. The maximum atomic E-state index is 12.3. The second-order valence-corrected chi connectivity index (χ2v) is 7.78. The van der Waals surface area contributed by atoms with Crippen LogP contribution in [0.25, 0.3) is 6.08 Å². The van der Waals surface area contributed by atoms with Crippen LogP contribution < -0.4 is 11.1 Å².